The number of hydrogen-bond acceptors (Lipinski definition) is 4. The van der Waals surface area contributed by atoms with Gasteiger partial charge in [-0.05, 0) is 0 Å². The van der Waals surface area contributed by atoms with Gasteiger partial charge in [0.15, 0.2) is 4.31 Å². The average molecular weight is 231 g/mol. The lowest BCUT2D eigenvalue weighted by Gasteiger charge is -2.02. The number of carbonyl (C=O) groups is 1. The maximum Gasteiger partial charge on any atom is 0.745 e. The van der Waals surface area contributed by atoms with Crippen molar-refractivity contribution in [2.24, 2.45) is 0 Å². The Bertz CT molecular complexity index is 193. The van der Waals surface area contributed by atoms with Crippen molar-refractivity contribution in [2.75, 3.05) is 14.1 Å². The Hall–Kier alpha value is -0.450. The highest BCUT2D eigenvalue weighted by Gasteiger charge is 2.31. The van der Waals surface area contributed by atoms with Crippen molar-refractivity contribution in [3.05, 3.63) is 0 Å². The van der Waals surface area contributed by atoms with Gasteiger partial charge in [-0.15, -0.1) is 9.79 Å². The predicted molar refractivity (Wildman–Crippen MR) is 45.1 cm³/mol. The molecule has 0 aromatic carbocycles. The third-order valence-corrected chi connectivity index (χ3v) is 1.89. The molecule has 0 radical (unpaired) electrons. The van der Waals surface area contributed by atoms with Crippen LogP contribution in [0.15, 0.2) is 0 Å². The first kappa shape index (κ1) is 15.0. The van der Waals surface area contributed by atoms with Gasteiger partial charge in [0, 0.05) is 30.1 Å². The van der Waals surface area contributed by atoms with Gasteiger partial charge in [-0.3, -0.25) is 4.79 Å². The van der Waals surface area contributed by atoms with E-state index in [0.717, 1.165) is 0 Å². The van der Waals surface area contributed by atoms with Crippen LogP contribution in [0.3, 0.4) is 0 Å². The first-order chi connectivity index (χ1) is 5.77. The molecule has 0 rings (SSSR count). The molecule has 76 valence electrons. The van der Waals surface area contributed by atoms with Crippen LogP contribution in [0.2, 0.25) is 0 Å². The lowest BCUT2D eigenvalue weighted by molar-refractivity contribution is -0.126. The molecule has 0 aliphatic heterocycles. The minimum Gasteiger partial charge on any atom is -0.349 e. The summed E-state index contributed by atoms with van der Waals surface area (Å²) in [7, 11) is -2.40. The zero-order valence-electron chi connectivity index (χ0n) is 7.37. The molecule has 2 atom stereocenters. The van der Waals surface area contributed by atoms with Gasteiger partial charge >= 0.3 is 16.5 Å². The van der Waals surface area contributed by atoms with Gasteiger partial charge in [0.25, 0.3) is 0 Å². The Morgan fingerprint density at radius 2 is 1.46 bits per heavy atom. The summed E-state index contributed by atoms with van der Waals surface area (Å²) in [5.74, 6) is 0.0926. The van der Waals surface area contributed by atoms with E-state index in [1.807, 2.05) is 0 Å². The first-order valence-corrected chi connectivity index (χ1v) is 5.21. The van der Waals surface area contributed by atoms with Gasteiger partial charge in [-0.2, -0.15) is 0 Å². The Morgan fingerprint density at radius 1 is 1.23 bits per heavy atom. The normalized spacial score (nSPS) is 10.8. The largest absolute Gasteiger partial charge is 0.745 e. The van der Waals surface area contributed by atoms with Crippen molar-refractivity contribution >= 4 is 22.4 Å². The zero-order chi connectivity index (χ0) is 11.0. The van der Waals surface area contributed by atoms with Crippen LogP contribution in [0, 0.1) is 0 Å². The minimum atomic E-state index is -2.92. The van der Waals surface area contributed by atoms with Crippen molar-refractivity contribution in [3.8, 4) is 0 Å². The van der Waals surface area contributed by atoms with Crippen LogP contribution in [0.5, 0.6) is 0 Å². The topological polar surface area (TPSA) is 104 Å². The number of nitrogens with zero attached hydrogens (tertiary/aromatic N) is 1. The van der Waals surface area contributed by atoms with Crippen LogP contribution in [0.1, 0.15) is 6.92 Å². The average Bonchev–Trinajstić information content (AvgIpc) is 1.84. The molecule has 0 fully saturated rings. The van der Waals surface area contributed by atoms with E-state index in [-0.39, 0.29) is 5.91 Å². The molecule has 0 saturated carbocycles. The third-order valence-electron chi connectivity index (χ3n) is 0.769. The second-order valence-electron chi connectivity index (χ2n) is 1.97. The maximum absolute atomic E-state index is 10.1. The quantitative estimate of drug-likeness (QED) is 0.666. The molecule has 2 unspecified atom stereocenters. The fourth-order valence-corrected chi connectivity index (χ4v) is 0.538. The van der Waals surface area contributed by atoms with E-state index in [4.69, 9.17) is 9.79 Å². The van der Waals surface area contributed by atoms with Crippen LogP contribution in [-0.2, 0) is 18.2 Å². The summed E-state index contributed by atoms with van der Waals surface area (Å²) in [5.41, 5.74) is 0. The summed E-state index contributed by atoms with van der Waals surface area (Å²) in [5, 5.41) is 0. The standard InChI is InChI=1S/C4H9NO.O5P2/c1-4(6)5(2)3;1-6(2)5-7(3)4/h1-3H3;/p+2. The smallest absolute Gasteiger partial charge is 0.349 e. The van der Waals surface area contributed by atoms with Crippen molar-refractivity contribution in [1.82, 2.24) is 4.90 Å². The second-order valence-corrected chi connectivity index (χ2v) is 3.58. The van der Waals surface area contributed by atoms with Crippen molar-refractivity contribution in [2.45, 2.75) is 6.92 Å². The molecule has 0 heterocycles. The zero-order valence-corrected chi connectivity index (χ0v) is 9.16. The molecule has 7 nitrogen and oxygen atoms in total. The van der Waals surface area contributed by atoms with Crippen LogP contribution < -0.4 is 0 Å². The lowest BCUT2D eigenvalue weighted by atomic mass is 10.7. The molecule has 0 aromatic rings. The molecule has 0 aromatic heterocycles. The molecule has 0 aliphatic rings. The van der Waals surface area contributed by atoms with Gasteiger partial charge in [0.2, 0.25) is 5.91 Å². The molecular formula is C4H11NO6P2+2. The summed E-state index contributed by atoms with van der Waals surface area (Å²) in [4.78, 5) is 26.9. The van der Waals surface area contributed by atoms with Gasteiger partial charge in [-0.25, -0.2) is 0 Å². The van der Waals surface area contributed by atoms with Gasteiger partial charge in [0.05, 0.1) is 0 Å². The van der Waals surface area contributed by atoms with Gasteiger partial charge < -0.3 is 4.90 Å². The van der Waals surface area contributed by atoms with Crippen LogP contribution in [0.25, 0.3) is 0 Å². The van der Waals surface area contributed by atoms with E-state index in [0.29, 0.717) is 0 Å². The maximum atomic E-state index is 10.1. The molecule has 0 spiro atoms. The van der Waals surface area contributed by atoms with E-state index < -0.39 is 16.5 Å². The summed E-state index contributed by atoms with van der Waals surface area (Å²) < 4.78 is 22.2. The molecule has 9 heteroatoms. The van der Waals surface area contributed by atoms with E-state index in [2.05, 4.69) is 4.31 Å². The summed E-state index contributed by atoms with van der Waals surface area (Å²) in [6, 6.07) is 0. The molecule has 2 N–H and O–H groups in total. The second kappa shape index (κ2) is 8.16. The van der Waals surface area contributed by atoms with Crippen LogP contribution in [0.4, 0.5) is 0 Å². The third kappa shape index (κ3) is 18.5. The monoisotopic (exact) mass is 231 g/mol. The number of rotatable bonds is 2. The Labute approximate surface area is 77.2 Å². The number of hydrogen-bond donors (Lipinski definition) is 2. The van der Waals surface area contributed by atoms with E-state index in [1.165, 1.54) is 11.8 Å². The van der Waals surface area contributed by atoms with Crippen LogP contribution >= 0.6 is 16.5 Å². The van der Waals surface area contributed by atoms with Crippen molar-refractivity contribution < 1.29 is 28.0 Å². The van der Waals surface area contributed by atoms with Gasteiger partial charge in [0.1, 0.15) is 0 Å². The van der Waals surface area contributed by atoms with Crippen LogP contribution in [-0.4, -0.2) is 34.7 Å². The Balaban J connectivity index is 0. The number of amides is 1. The summed E-state index contributed by atoms with van der Waals surface area (Å²) in [6.45, 7) is 1.53. The van der Waals surface area contributed by atoms with E-state index in [9.17, 15) is 13.9 Å². The minimum absolute atomic E-state index is 0.0926. The molecule has 1 amide bonds. The van der Waals surface area contributed by atoms with Crippen molar-refractivity contribution in [1.29, 1.82) is 0 Å². The van der Waals surface area contributed by atoms with E-state index >= 15 is 0 Å². The summed E-state index contributed by atoms with van der Waals surface area (Å²) in [6.07, 6.45) is 0. The Kier molecular flexibility index (Phi) is 9.44. The fourth-order valence-electron chi connectivity index (χ4n) is 0.0598. The highest BCUT2D eigenvalue weighted by atomic mass is 31.2. The number of carbonyl (C=O) groups excluding carboxylic acids is 1. The molecule has 13 heavy (non-hydrogen) atoms. The molecule has 0 saturated heterocycles. The van der Waals surface area contributed by atoms with E-state index in [1.54, 1.807) is 14.1 Å². The lowest BCUT2D eigenvalue weighted by Crippen LogP contribution is -2.17. The van der Waals surface area contributed by atoms with Gasteiger partial charge in [-0.1, -0.05) is 0 Å². The molecule has 0 aliphatic carbocycles. The highest BCUT2D eigenvalue weighted by molar-refractivity contribution is 7.46. The predicted octanol–water partition coefficient (Wildman–Crippen LogP) is 0.397. The SMILES string of the molecule is CC(=O)N(C)C.O=[P+](O)O[P+](=O)O. The first-order valence-electron chi connectivity index (χ1n) is 2.95. The molecular weight excluding hydrogens is 220 g/mol. The molecule has 0 bridgehead atoms. The highest BCUT2D eigenvalue weighted by Crippen LogP contribution is 2.30. The van der Waals surface area contributed by atoms with Crippen molar-refractivity contribution in [3.63, 3.8) is 0 Å². The Morgan fingerprint density at radius 3 is 1.46 bits per heavy atom. The fraction of sp³-hybridized carbons (Fsp3) is 0.750. The summed E-state index contributed by atoms with van der Waals surface area (Å²) >= 11 is 0.